The first-order valence-electron chi connectivity index (χ1n) is 7.95. The van der Waals surface area contributed by atoms with Gasteiger partial charge in [0, 0.05) is 39.3 Å². The molecule has 1 atom stereocenters. The van der Waals surface area contributed by atoms with E-state index in [9.17, 15) is 5.26 Å². The third-order valence-electron chi connectivity index (χ3n) is 4.47. The lowest BCUT2D eigenvalue weighted by Gasteiger charge is -2.38. The number of anilines is 1. The van der Waals surface area contributed by atoms with Crippen molar-refractivity contribution in [3.63, 3.8) is 0 Å². The van der Waals surface area contributed by atoms with Crippen molar-refractivity contribution in [3.05, 3.63) is 29.8 Å². The number of ether oxygens (including phenoxy) is 1. The van der Waals surface area contributed by atoms with Crippen LogP contribution in [0.3, 0.4) is 0 Å². The van der Waals surface area contributed by atoms with Crippen molar-refractivity contribution in [1.82, 2.24) is 4.90 Å². The first-order chi connectivity index (χ1) is 10.4. The molecule has 1 aromatic carbocycles. The lowest BCUT2D eigenvalue weighted by Crippen LogP contribution is -2.49. The summed E-state index contributed by atoms with van der Waals surface area (Å²) < 4.78 is 5.83. The largest absolute Gasteiger partial charge is 0.377 e. The van der Waals surface area contributed by atoms with Crippen LogP contribution in [0.5, 0.6) is 0 Å². The van der Waals surface area contributed by atoms with Crippen LogP contribution in [0.15, 0.2) is 24.3 Å². The Bertz CT molecular complexity index is 497. The molecular formula is C17H23N3O. The Morgan fingerprint density at radius 3 is 2.67 bits per heavy atom. The van der Waals surface area contributed by atoms with Gasteiger partial charge in [-0.1, -0.05) is 12.1 Å². The minimum atomic E-state index is 0.427. The Kier molecular flexibility index (Phi) is 4.74. The number of hydrogen-bond acceptors (Lipinski definition) is 4. The van der Waals surface area contributed by atoms with Gasteiger partial charge in [-0.05, 0) is 31.4 Å². The number of nitrogens with zero attached hydrogens (tertiary/aromatic N) is 3. The van der Waals surface area contributed by atoms with Gasteiger partial charge in [0.05, 0.1) is 17.4 Å². The van der Waals surface area contributed by atoms with E-state index >= 15 is 0 Å². The molecule has 1 unspecified atom stereocenters. The first kappa shape index (κ1) is 14.4. The van der Waals surface area contributed by atoms with E-state index in [4.69, 9.17) is 4.74 Å². The molecule has 0 N–H and O–H groups in total. The van der Waals surface area contributed by atoms with Crippen LogP contribution in [-0.4, -0.2) is 50.3 Å². The SMILES string of the molecule is N#Cc1ccccc1N1CCN(CC2CCCCO2)CC1. The molecule has 2 aliphatic rings. The summed E-state index contributed by atoms with van der Waals surface area (Å²) in [5.74, 6) is 0. The number of hydrogen-bond donors (Lipinski definition) is 0. The van der Waals surface area contributed by atoms with Gasteiger partial charge in [0.1, 0.15) is 6.07 Å². The van der Waals surface area contributed by atoms with Crippen LogP contribution in [0.2, 0.25) is 0 Å². The number of rotatable bonds is 3. The second kappa shape index (κ2) is 6.93. The van der Waals surface area contributed by atoms with Crippen LogP contribution in [-0.2, 0) is 4.74 Å². The molecule has 1 aromatic rings. The van der Waals surface area contributed by atoms with Gasteiger partial charge in [0.25, 0.3) is 0 Å². The molecule has 2 aliphatic heterocycles. The van der Waals surface area contributed by atoms with E-state index in [0.29, 0.717) is 6.10 Å². The summed E-state index contributed by atoms with van der Waals surface area (Å²) >= 11 is 0. The summed E-state index contributed by atoms with van der Waals surface area (Å²) in [7, 11) is 0. The van der Waals surface area contributed by atoms with Crippen molar-refractivity contribution in [1.29, 1.82) is 5.26 Å². The normalized spacial score (nSPS) is 23.8. The van der Waals surface area contributed by atoms with E-state index in [1.807, 2.05) is 18.2 Å². The quantitative estimate of drug-likeness (QED) is 0.854. The van der Waals surface area contributed by atoms with Crippen LogP contribution in [0.25, 0.3) is 0 Å². The van der Waals surface area contributed by atoms with E-state index in [1.54, 1.807) is 0 Å². The third-order valence-corrected chi connectivity index (χ3v) is 4.47. The Balaban J connectivity index is 1.54. The summed E-state index contributed by atoms with van der Waals surface area (Å²) in [6, 6.07) is 10.2. The molecule has 4 heteroatoms. The molecule has 0 radical (unpaired) electrons. The maximum Gasteiger partial charge on any atom is 0.101 e. The zero-order valence-electron chi connectivity index (χ0n) is 12.5. The minimum Gasteiger partial charge on any atom is -0.377 e. The van der Waals surface area contributed by atoms with E-state index in [1.165, 1.54) is 19.3 Å². The highest BCUT2D eigenvalue weighted by molar-refractivity contribution is 5.59. The highest BCUT2D eigenvalue weighted by Crippen LogP contribution is 2.21. The number of nitriles is 1. The summed E-state index contributed by atoms with van der Waals surface area (Å²) in [6.45, 7) is 6.09. The molecule has 4 nitrogen and oxygen atoms in total. The van der Waals surface area contributed by atoms with E-state index in [2.05, 4.69) is 21.9 Å². The fourth-order valence-electron chi connectivity index (χ4n) is 3.25. The zero-order chi connectivity index (χ0) is 14.5. The van der Waals surface area contributed by atoms with Crippen molar-refractivity contribution in [3.8, 4) is 6.07 Å². The molecule has 0 aliphatic carbocycles. The van der Waals surface area contributed by atoms with Crippen molar-refractivity contribution >= 4 is 5.69 Å². The predicted octanol–water partition coefficient (Wildman–Crippen LogP) is 2.25. The average Bonchev–Trinajstić information content (AvgIpc) is 2.56. The molecule has 2 heterocycles. The lowest BCUT2D eigenvalue weighted by atomic mass is 10.1. The van der Waals surface area contributed by atoms with Crippen LogP contribution in [0.4, 0.5) is 5.69 Å². The van der Waals surface area contributed by atoms with Gasteiger partial charge in [-0.3, -0.25) is 4.90 Å². The van der Waals surface area contributed by atoms with Crippen molar-refractivity contribution in [2.75, 3.05) is 44.2 Å². The summed E-state index contributed by atoms with van der Waals surface area (Å²) in [5, 5.41) is 9.21. The van der Waals surface area contributed by atoms with Gasteiger partial charge >= 0.3 is 0 Å². The predicted molar refractivity (Wildman–Crippen MR) is 83.4 cm³/mol. The summed E-state index contributed by atoms with van der Waals surface area (Å²) in [6.07, 6.45) is 4.16. The monoisotopic (exact) mass is 285 g/mol. The fraction of sp³-hybridized carbons (Fsp3) is 0.588. The molecule has 0 spiro atoms. The van der Waals surface area contributed by atoms with E-state index in [-0.39, 0.29) is 0 Å². The Morgan fingerprint density at radius 2 is 1.95 bits per heavy atom. The lowest BCUT2D eigenvalue weighted by molar-refractivity contribution is -0.00645. The Hall–Kier alpha value is -1.57. The molecular weight excluding hydrogens is 262 g/mol. The van der Waals surface area contributed by atoms with Gasteiger partial charge < -0.3 is 9.64 Å². The molecule has 2 saturated heterocycles. The van der Waals surface area contributed by atoms with Gasteiger partial charge in [-0.2, -0.15) is 5.26 Å². The molecule has 0 saturated carbocycles. The van der Waals surface area contributed by atoms with Crippen molar-refractivity contribution in [2.45, 2.75) is 25.4 Å². The highest BCUT2D eigenvalue weighted by atomic mass is 16.5. The number of piperazine rings is 1. The maximum absolute atomic E-state index is 9.21. The second-order valence-electron chi connectivity index (χ2n) is 5.91. The minimum absolute atomic E-state index is 0.427. The van der Waals surface area contributed by atoms with Crippen LogP contribution >= 0.6 is 0 Å². The van der Waals surface area contributed by atoms with E-state index < -0.39 is 0 Å². The maximum atomic E-state index is 9.21. The zero-order valence-corrected chi connectivity index (χ0v) is 12.5. The highest BCUT2D eigenvalue weighted by Gasteiger charge is 2.22. The standard InChI is InChI=1S/C17H23N3O/c18-13-15-5-1-2-7-17(15)20-10-8-19(9-11-20)14-16-6-3-4-12-21-16/h1-2,5,7,16H,3-4,6,8-12,14H2. The van der Waals surface area contributed by atoms with Gasteiger partial charge in [0.2, 0.25) is 0 Å². The van der Waals surface area contributed by atoms with Crippen LogP contribution < -0.4 is 4.90 Å². The van der Waals surface area contributed by atoms with E-state index in [0.717, 1.165) is 50.6 Å². The van der Waals surface area contributed by atoms with Gasteiger partial charge in [0.15, 0.2) is 0 Å². The number of benzene rings is 1. The third kappa shape index (κ3) is 3.55. The molecule has 0 bridgehead atoms. The number of para-hydroxylation sites is 1. The fourth-order valence-corrected chi connectivity index (χ4v) is 3.25. The van der Waals surface area contributed by atoms with Crippen LogP contribution in [0.1, 0.15) is 24.8 Å². The van der Waals surface area contributed by atoms with Crippen molar-refractivity contribution in [2.24, 2.45) is 0 Å². The Morgan fingerprint density at radius 1 is 1.14 bits per heavy atom. The molecule has 112 valence electrons. The smallest absolute Gasteiger partial charge is 0.101 e. The van der Waals surface area contributed by atoms with Crippen LogP contribution in [0, 0.1) is 11.3 Å². The van der Waals surface area contributed by atoms with Gasteiger partial charge in [-0.15, -0.1) is 0 Å². The average molecular weight is 285 g/mol. The molecule has 0 amide bonds. The summed E-state index contributed by atoms with van der Waals surface area (Å²) in [4.78, 5) is 4.83. The topological polar surface area (TPSA) is 39.5 Å². The van der Waals surface area contributed by atoms with Crippen molar-refractivity contribution < 1.29 is 4.74 Å². The molecule has 0 aromatic heterocycles. The molecule has 21 heavy (non-hydrogen) atoms. The summed E-state index contributed by atoms with van der Waals surface area (Å²) in [5.41, 5.74) is 1.86. The Labute approximate surface area is 126 Å². The van der Waals surface area contributed by atoms with Gasteiger partial charge in [-0.25, -0.2) is 0 Å². The second-order valence-corrected chi connectivity index (χ2v) is 5.91. The first-order valence-corrected chi connectivity index (χ1v) is 7.95. The molecule has 3 rings (SSSR count). The molecule has 2 fully saturated rings.